The van der Waals surface area contributed by atoms with Crippen LogP contribution >= 0.6 is 0 Å². The van der Waals surface area contributed by atoms with Gasteiger partial charge in [-0.2, -0.15) is 0 Å². The number of halogens is 2. The molecule has 3 aromatic rings. The van der Waals surface area contributed by atoms with Gasteiger partial charge in [0.1, 0.15) is 17.3 Å². The first kappa shape index (κ1) is 21.8. The monoisotopic (exact) mass is 442 g/mol. The van der Waals surface area contributed by atoms with E-state index in [1.165, 1.54) is 6.07 Å². The van der Waals surface area contributed by atoms with Gasteiger partial charge in [-0.15, -0.1) is 0 Å². The molecule has 0 spiro atoms. The van der Waals surface area contributed by atoms with Gasteiger partial charge < -0.3 is 18.8 Å². The van der Waals surface area contributed by atoms with Crippen LogP contribution in [0.25, 0.3) is 0 Å². The molecule has 1 fully saturated rings. The van der Waals surface area contributed by atoms with Crippen LogP contribution in [0.1, 0.15) is 36.0 Å². The Balaban J connectivity index is 1.36. The van der Waals surface area contributed by atoms with Gasteiger partial charge in [0.2, 0.25) is 0 Å². The first-order chi connectivity index (χ1) is 15.5. The lowest BCUT2D eigenvalue weighted by molar-refractivity contribution is -0.134. The summed E-state index contributed by atoms with van der Waals surface area (Å²) in [4.78, 5) is 18.7. The molecule has 168 valence electrons. The number of hydrogen-bond donors (Lipinski definition) is 0. The Morgan fingerprint density at radius 2 is 2.06 bits per heavy atom. The lowest BCUT2D eigenvalue weighted by atomic mass is 9.98. The highest BCUT2D eigenvalue weighted by Gasteiger charge is 2.28. The number of benzene rings is 2. The zero-order valence-corrected chi connectivity index (χ0v) is 17.7. The number of rotatable bonds is 7. The zero-order chi connectivity index (χ0) is 22.5. The van der Waals surface area contributed by atoms with Crippen LogP contribution in [0.5, 0.6) is 11.5 Å². The van der Waals surface area contributed by atoms with E-state index >= 15 is 0 Å². The molecule has 2 aromatic carbocycles. The maximum absolute atomic E-state index is 13.7. The van der Waals surface area contributed by atoms with Crippen LogP contribution in [0.15, 0.2) is 53.1 Å². The van der Waals surface area contributed by atoms with E-state index < -0.39 is 11.6 Å². The van der Waals surface area contributed by atoms with Crippen molar-refractivity contribution in [3.05, 3.63) is 77.5 Å². The predicted molar refractivity (Wildman–Crippen MR) is 113 cm³/mol. The second-order valence-corrected chi connectivity index (χ2v) is 7.70. The van der Waals surface area contributed by atoms with Crippen molar-refractivity contribution in [1.82, 2.24) is 9.88 Å². The van der Waals surface area contributed by atoms with E-state index in [1.54, 1.807) is 18.2 Å². The summed E-state index contributed by atoms with van der Waals surface area (Å²) < 4.78 is 43.4. The Hall–Kier alpha value is -3.42. The molecular weight excluding hydrogens is 418 g/mol. The summed E-state index contributed by atoms with van der Waals surface area (Å²) in [6, 6.07) is 10.7. The maximum atomic E-state index is 13.7. The fraction of sp³-hybridized carbons (Fsp3) is 0.333. The Kier molecular flexibility index (Phi) is 6.68. The van der Waals surface area contributed by atoms with E-state index in [4.69, 9.17) is 13.9 Å². The number of carbonyl (C=O) groups excluding carboxylic acids is 1. The normalized spacial score (nSPS) is 16.1. The highest BCUT2D eigenvalue weighted by atomic mass is 19.1. The Labute approximate surface area is 184 Å². The van der Waals surface area contributed by atoms with Crippen LogP contribution < -0.4 is 9.47 Å². The minimum atomic E-state index is -0.836. The molecule has 2 heterocycles. The summed E-state index contributed by atoms with van der Waals surface area (Å²) in [5.74, 6) is 0.133. The number of amides is 1. The molecule has 1 atom stereocenters. The molecule has 0 aliphatic carbocycles. The lowest BCUT2D eigenvalue weighted by Gasteiger charge is -2.31. The molecule has 1 amide bonds. The van der Waals surface area contributed by atoms with Gasteiger partial charge >= 0.3 is 0 Å². The number of ether oxygens (including phenoxy) is 2. The van der Waals surface area contributed by atoms with E-state index in [-0.39, 0.29) is 24.2 Å². The number of oxazole rings is 1. The van der Waals surface area contributed by atoms with Crippen molar-refractivity contribution >= 4 is 5.91 Å². The van der Waals surface area contributed by atoms with Crippen LogP contribution in [-0.4, -0.2) is 42.6 Å². The van der Waals surface area contributed by atoms with E-state index in [0.717, 1.165) is 42.0 Å². The SMILES string of the molecule is COc1ccccc1Cc1cnc(C2CCCN(C(=O)COc3ccc(F)cc3F)C2)o1. The van der Waals surface area contributed by atoms with Gasteiger partial charge in [-0.25, -0.2) is 13.8 Å². The van der Waals surface area contributed by atoms with E-state index in [0.29, 0.717) is 25.4 Å². The number of hydrogen-bond acceptors (Lipinski definition) is 5. The third-order valence-electron chi connectivity index (χ3n) is 5.50. The Bertz CT molecular complexity index is 1090. The highest BCUT2D eigenvalue weighted by Crippen LogP contribution is 2.28. The van der Waals surface area contributed by atoms with Gasteiger partial charge in [-0.3, -0.25) is 4.79 Å². The van der Waals surface area contributed by atoms with Gasteiger partial charge in [0, 0.05) is 31.1 Å². The van der Waals surface area contributed by atoms with Crippen molar-refractivity contribution < 1.29 is 27.5 Å². The number of nitrogens with zero attached hydrogens (tertiary/aromatic N) is 2. The Morgan fingerprint density at radius 1 is 1.22 bits per heavy atom. The van der Waals surface area contributed by atoms with E-state index in [1.807, 2.05) is 24.3 Å². The van der Waals surface area contributed by atoms with Crippen LogP contribution in [0.2, 0.25) is 0 Å². The van der Waals surface area contributed by atoms with Crippen molar-refractivity contribution in [3.8, 4) is 11.5 Å². The number of methoxy groups -OCH3 is 1. The molecule has 1 saturated heterocycles. The molecule has 8 heteroatoms. The van der Waals surface area contributed by atoms with Crippen LogP contribution in [0.4, 0.5) is 8.78 Å². The lowest BCUT2D eigenvalue weighted by Crippen LogP contribution is -2.41. The van der Waals surface area contributed by atoms with Crippen molar-refractivity contribution in [2.75, 3.05) is 26.8 Å². The second-order valence-electron chi connectivity index (χ2n) is 7.70. The summed E-state index contributed by atoms with van der Waals surface area (Å²) in [5.41, 5.74) is 1.00. The minimum absolute atomic E-state index is 0.0262. The topological polar surface area (TPSA) is 64.8 Å². The van der Waals surface area contributed by atoms with Gasteiger partial charge in [0.05, 0.1) is 19.2 Å². The van der Waals surface area contributed by atoms with Gasteiger partial charge in [-0.05, 0) is 31.0 Å². The zero-order valence-electron chi connectivity index (χ0n) is 17.7. The van der Waals surface area contributed by atoms with Gasteiger partial charge in [0.15, 0.2) is 24.1 Å². The molecule has 32 heavy (non-hydrogen) atoms. The summed E-state index contributed by atoms with van der Waals surface area (Å²) in [6.45, 7) is 0.710. The molecule has 1 aromatic heterocycles. The fourth-order valence-corrected chi connectivity index (χ4v) is 3.86. The Morgan fingerprint density at radius 3 is 2.88 bits per heavy atom. The van der Waals surface area contributed by atoms with Crippen LogP contribution in [0, 0.1) is 11.6 Å². The smallest absolute Gasteiger partial charge is 0.260 e. The molecule has 0 bridgehead atoms. The minimum Gasteiger partial charge on any atom is -0.496 e. The number of likely N-dealkylation sites (tertiary alicyclic amines) is 1. The summed E-state index contributed by atoms with van der Waals surface area (Å²) in [6.07, 6.45) is 3.92. The van der Waals surface area contributed by atoms with Crippen LogP contribution in [0.3, 0.4) is 0 Å². The third-order valence-corrected chi connectivity index (χ3v) is 5.50. The van der Waals surface area contributed by atoms with E-state index in [9.17, 15) is 13.6 Å². The highest BCUT2D eigenvalue weighted by molar-refractivity contribution is 5.78. The molecule has 1 unspecified atom stereocenters. The predicted octanol–water partition coefficient (Wildman–Crippen LogP) is 4.34. The average molecular weight is 442 g/mol. The standard InChI is InChI=1S/C24H24F2N2O4/c1-30-21-7-3-2-5-16(21)11-19-13-27-24(32-19)17-6-4-10-28(14-17)23(29)15-31-22-9-8-18(25)12-20(22)26/h2-3,5,7-9,12-13,17H,4,6,10-11,14-15H2,1H3. The number of piperidine rings is 1. The first-order valence-electron chi connectivity index (χ1n) is 10.5. The third kappa shape index (κ3) is 5.07. The molecule has 0 radical (unpaired) electrons. The molecule has 4 rings (SSSR count). The molecule has 0 saturated carbocycles. The summed E-state index contributed by atoms with van der Waals surface area (Å²) >= 11 is 0. The van der Waals surface area contributed by atoms with Gasteiger partial charge in [0.25, 0.3) is 5.91 Å². The molecule has 1 aliphatic rings. The summed E-state index contributed by atoms with van der Waals surface area (Å²) in [7, 11) is 1.63. The number of para-hydroxylation sites is 1. The first-order valence-corrected chi connectivity index (χ1v) is 10.5. The number of aromatic nitrogens is 1. The van der Waals surface area contributed by atoms with Crippen LogP contribution in [-0.2, 0) is 11.2 Å². The van der Waals surface area contributed by atoms with E-state index in [2.05, 4.69) is 4.98 Å². The molecule has 6 nitrogen and oxygen atoms in total. The molecule has 0 N–H and O–H groups in total. The molecule has 1 aliphatic heterocycles. The fourth-order valence-electron chi connectivity index (χ4n) is 3.86. The van der Waals surface area contributed by atoms with Crippen molar-refractivity contribution in [3.63, 3.8) is 0 Å². The van der Waals surface area contributed by atoms with Crippen molar-refractivity contribution in [2.24, 2.45) is 0 Å². The molecular formula is C24H24F2N2O4. The largest absolute Gasteiger partial charge is 0.496 e. The summed E-state index contributed by atoms with van der Waals surface area (Å²) in [5, 5.41) is 0. The van der Waals surface area contributed by atoms with Crippen molar-refractivity contribution in [1.29, 1.82) is 0 Å². The number of carbonyl (C=O) groups is 1. The maximum Gasteiger partial charge on any atom is 0.260 e. The average Bonchev–Trinajstić information content (AvgIpc) is 3.27. The van der Waals surface area contributed by atoms with Gasteiger partial charge in [-0.1, -0.05) is 18.2 Å². The second kappa shape index (κ2) is 9.80. The quantitative estimate of drug-likeness (QED) is 0.545. The van der Waals surface area contributed by atoms with Crippen molar-refractivity contribution in [2.45, 2.75) is 25.2 Å².